The van der Waals surface area contributed by atoms with E-state index >= 15 is 0 Å². The molecule has 2 rings (SSSR count). The van der Waals surface area contributed by atoms with Crippen LogP contribution in [0.4, 0.5) is 4.39 Å². The van der Waals surface area contributed by atoms with E-state index in [1.54, 1.807) is 31.2 Å². The first-order valence-corrected chi connectivity index (χ1v) is 6.43. The van der Waals surface area contributed by atoms with E-state index < -0.39 is 12.0 Å². The summed E-state index contributed by atoms with van der Waals surface area (Å²) in [7, 11) is 0. The minimum Gasteiger partial charge on any atom is -0.466 e. The Morgan fingerprint density at radius 2 is 2.26 bits per heavy atom. The highest BCUT2D eigenvalue weighted by atomic mass is 19.1. The Balaban J connectivity index is 2.16. The lowest BCUT2D eigenvalue weighted by Gasteiger charge is -2.13. The molecule has 1 aliphatic rings. The molecule has 3 nitrogen and oxygen atoms in total. The van der Waals surface area contributed by atoms with Gasteiger partial charge in [0.05, 0.1) is 18.6 Å². The highest BCUT2D eigenvalue weighted by Gasteiger charge is 2.36. The van der Waals surface area contributed by atoms with Crippen LogP contribution < -0.4 is 0 Å². The van der Waals surface area contributed by atoms with Crippen LogP contribution in [0.1, 0.15) is 25.3 Å². The summed E-state index contributed by atoms with van der Waals surface area (Å²) < 4.78 is 18.4. The number of hydrogen-bond acceptors (Lipinski definition) is 3. The summed E-state index contributed by atoms with van der Waals surface area (Å²) >= 11 is 0. The third-order valence-corrected chi connectivity index (χ3v) is 3.34. The molecule has 1 fully saturated rings. The average Bonchev–Trinajstić information content (AvgIpc) is 2.74. The van der Waals surface area contributed by atoms with Crippen LogP contribution in [-0.2, 0) is 9.53 Å². The van der Waals surface area contributed by atoms with Crippen molar-refractivity contribution in [1.29, 1.82) is 0 Å². The van der Waals surface area contributed by atoms with Crippen LogP contribution >= 0.6 is 0 Å². The molecule has 0 unspecified atom stereocenters. The molecule has 0 radical (unpaired) electrons. The Kier molecular flexibility index (Phi) is 4.32. The van der Waals surface area contributed by atoms with Crippen molar-refractivity contribution in [2.24, 2.45) is 5.92 Å². The van der Waals surface area contributed by atoms with Gasteiger partial charge in [0.15, 0.2) is 0 Å². The zero-order chi connectivity index (χ0) is 13.8. The highest BCUT2D eigenvalue weighted by molar-refractivity contribution is 5.75. The lowest BCUT2D eigenvalue weighted by Crippen LogP contribution is -2.25. The predicted molar refractivity (Wildman–Crippen MR) is 69.7 cm³/mol. The van der Waals surface area contributed by atoms with E-state index in [4.69, 9.17) is 4.74 Å². The van der Waals surface area contributed by atoms with Gasteiger partial charge in [0, 0.05) is 5.56 Å². The van der Waals surface area contributed by atoms with Crippen LogP contribution in [-0.4, -0.2) is 23.8 Å². The lowest BCUT2D eigenvalue weighted by molar-refractivity contribution is -0.150. The van der Waals surface area contributed by atoms with Crippen LogP contribution in [0, 0.1) is 11.7 Å². The van der Waals surface area contributed by atoms with Crippen LogP contribution in [0.15, 0.2) is 29.8 Å². The second-order valence-corrected chi connectivity index (χ2v) is 4.58. The van der Waals surface area contributed by atoms with Gasteiger partial charge in [0.2, 0.25) is 0 Å². The topological polar surface area (TPSA) is 46.5 Å². The van der Waals surface area contributed by atoms with Crippen molar-refractivity contribution in [3.8, 4) is 0 Å². The fourth-order valence-electron chi connectivity index (χ4n) is 2.33. The maximum absolute atomic E-state index is 13.5. The van der Waals surface area contributed by atoms with E-state index in [0.717, 1.165) is 0 Å². The predicted octanol–water partition coefficient (Wildman–Crippen LogP) is 2.54. The molecule has 4 heteroatoms. The van der Waals surface area contributed by atoms with Gasteiger partial charge < -0.3 is 9.84 Å². The van der Waals surface area contributed by atoms with E-state index in [-0.39, 0.29) is 11.8 Å². The number of benzene rings is 1. The first kappa shape index (κ1) is 13.7. The summed E-state index contributed by atoms with van der Waals surface area (Å²) in [6, 6.07) is 6.37. The van der Waals surface area contributed by atoms with Crippen LogP contribution in [0.2, 0.25) is 0 Å². The van der Waals surface area contributed by atoms with Crippen molar-refractivity contribution in [3.63, 3.8) is 0 Å². The van der Waals surface area contributed by atoms with Gasteiger partial charge >= 0.3 is 5.97 Å². The Morgan fingerprint density at radius 1 is 1.53 bits per heavy atom. The molecule has 1 N–H and O–H groups in total. The van der Waals surface area contributed by atoms with Gasteiger partial charge in [-0.05, 0) is 31.4 Å². The second kappa shape index (κ2) is 5.97. The van der Waals surface area contributed by atoms with Crippen LogP contribution in [0.5, 0.6) is 0 Å². The van der Waals surface area contributed by atoms with E-state index in [1.165, 1.54) is 6.07 Å². The maximum atomic E-state index is 13.5. The molecule has 0 aromatic heterocycles. The number of halogens is 1. The first-order chi connectivity index (χ1) is 9.13. The molecule has 0 aliphatic heterocycles. The summed E-state index contributed by atoms with van der Waals surface area (Å²) in [5.41, 5.74) is 1.12. The SMILES string of the molecule is CCOC(=O)[C@H]1CC/C(=C\c2ccccc2F)[C@H]1O. The second-order valence-electron chi connectivity index (χ2n) is 4.58. The number of carbonyl (C=O) groups is 1. The number of carbonyl (C=O) groups excluding carboxylic acids is 1. The van der Waals surface area contributed by atoms with Gasteiger partial charge in [-0.15, -0.1) is 0 Å². The molecule has 1 aliphatic carbocycles. The third-order valence-electron chi connectivity index (χ3n) is 3.34. The van der Waals surface area contributed by atoms with Gasteiger partial charge in [-0.1, -0.05) is 24.3 Å². The summed E-state index contributed by atoms with van der Waals surface area (Å²) in [6.07, 6.45) is 1.87. The summed E-state index contributed by atoms with van der Waals surface area (Å²) in [4.78, 5) is 11.6. The largest absolute Gasteiger partial charge is 0.466 e. The summed E-state index contributed by atoms with van der Waals surface area (Å²) in [5, 5.41) is 10.1. The molecule has 102 valence electrons. The van der Waals surface area contributed by atoms with Crippen LogP contribution in [0.25, 0.3) is 6.08 Å². The number of aliphatic hydroxyl groups is 1. The standard InChI is InChI=1S/C15H17FO3/c1-2-19-15(18)12-8-7-11(14(12)17)9-10-5-3-4-6-13(10)16/h3-6,9,12,14,17H,2,7-8H2,1H3/b11-9+/t12-,14+/m0/s1. The molecular weight excluding hydrogens is 247 g/mol. The number of rotatable bonds is 3. The Morgan fingerprint density at radius 3 is 2.95 bits per heavy atom. The van der Waals surface area contributed by atoms with Crippen molar-refractivity contribution < 1.29 is 19.0 Å². The molecule has 1 aromatic carbocycles. The smallest absolute Gasteiger partial charge is 0.311 e. The lowest BCUT2D eigenvalue weighted by atomic mass is 10.0. The van der Waals surface area contributed by atoms with Crippen LogP contribution in [0.3, 0.4) is 0 Å². The minimum absolute atomic E-state index is 0.300. The summed E-state index contributed by atoms with van der Waals surface area (Å²) in [5.74, 6) is -1.24. The molecule has 2 atom stereocenters. The molecule has 0 spiro atoms. The zero-order valence-corrected chi connectivity index (χ0v) is 10.8. The fraction of sp³-hybridized carbons (Fsp3) is 0.400. The van der Waals surface area contributed by atoms with Gasteiger partial charge in [0.25, 0.3) is 0 Å². The quantitative estimate of drug-likeness (QED) is 0.853. The Hall–Kier alpha value is -1.68. The molecule has 0 heterocycles. The number of aliphatic hydroxyl groups excluding tert-OH is 1. The molecule has 0 saturated heterocycles. The number of hydrogen-bond donors (Lipinski definition) is 1. The van der Waals surface area contributed by atoms with E-state index in [2.05, 4.69) is 0 Å². The van der Waals surface area contributed by atoms with Gasteiger partial charge in [-0.2, -0.15) is 0 Å². The highest BCUT2D eigenvalue weighted by Crippen LogP contribution is 2.33. The normalized spacial score (nSPS) is 24.7. The van der Waals surface area contributed by atoms with Gasteiger partial charge in [0.1, 0.15) is 5.82 Å². The Bertz CT molecular complexity index is 496. The molecule has 0 bridgehead atoms. The third kappa shape index (κ3) is 3.01. The van der Waals surface area contributed by atoms with E-state index in [9.17, 15) is 14.3 Å². The summed E-state index contributed by atoms with van der Waals surface area (Å²) in [6.45, 7) is 2.03. The fourth-order valence-corrected chi connectivity index (χ4v) is 2.33. The minimum atomic E-state index is -0.876. The maximum Gasteiger partial charge on any atom is 0.311 e. The van der Waals surface area contributed by atoms with Gasteiger partial charge in [-0.25, -0.2) is 4.39 Å². The van der Waals surface area contributed by atoms with E-state index in [0.29, 0.717) is 30.6 Å². The zero-order valence-electron chi connectivity index (χ0n) is 10.8. The molecular formula is C15H17FO3. The van der Waals surface area contributed by atoms with Gasteiger partial charge in [-0.3, -0.25) is 4.79 Å². The molecule has 19 heavy (non-hydrogen) atoms. The van der Waals surface area contributed by atoms with Crippen molar-refractivity contribution in [2.75, 3.05) is 6.61 Å². The monoisotopic (exact) mass is 264 g/mol. The van der Waals surface area contributed by atoms with Crippen molar-refractivity contribution in [3.05, 3.63) is 41.2 Å². The molecule has 0 amide bonds. The van der Waals surface area contributed by atoms with E-state index in [1.807, 2.05) is 0 Å². The number of esters is 1. The molecule has 1 saturated carbocycles. The molecule has 1 aromatic rings. The first-order valence-electron chi connectivity index (χ1n) is 6.43. The average molecular weight is 264 g/mol. The Labute approximate surface area is 111 Å². The van der Waals surface area contributed by atoms with Crippen molar-refractivity contribution in [1.82, 2.24) is 0 Å². The van der Waals surface area contributed by atoms with Crippen molar-refractivity contribution in [2.45, 2.75) is 25.9 Å². The number of ether oxygens (including phenoxy) is 1. The van der Waals surface area contributed by atoms with Crippen molar-refractivity contribution >= 4 is 12.0 Å².